The van der Waals surface area contributed by atoms with Gasteiger partial charge in [-0.2, -0.15) is 0 Å². The molecule has 0 spiro atoms. The third kappa shape index (κ3) is 8.23. The van der Waals surface area contributed by atoms with Crippen LogP contribution in [-0.4, -0.2) is 0 Å². The average molecular weight is 204 g/mol. The first kappa shape index (κ1) is 12.3. The molecule has 1 aliphatic carbocycles. The summed E-state index contributed by atoms with van der Waals surface area (Å²) in [6.45, 7) is 0. The lowest BCUT2D eigenvalue weighted by molar-refractivity contribution is 0.584. The highest BCUT2D eigenvalue weighted by Crippen LogP contribution is 2.10. The minimum Gasteiger partial charge on any atom is -0.0845 e. The monoisotopic (exact) mass is 204 g/mol. The third-order valence-corrected chi connectivity index (χ3v) is 2.85. The summed E-state index contributed by atoms with van der Waals surface area (Å²) in [6.07, 6.45) is 25.5. The lowest BCUT2D eigenvalue weighted by Crippen LogP contribution is -1.80. The number of rotatable bonds is 0. The molecule has 0 saturated carbocycles. The van der Waals surface area contributed by atoms with Gasteiger partial charge in [0.15, 0.2) is 0 Å². The van der Waals surface area contributed by atoms with Crippen LogP contribution in [0.25, 0.3) is 0 Å². The fourth-order valence-electron chi connectivity index (χ4n) is 1.89. The Labute approximate surface area is 94.8 Å². The Morgan fingerprint density at radius 2 is 0.800 bits per heavy atom. The van der Waals surface area contributed by atoms with Gasteiger partial charge >= 0.3 is 0 Å². The SMILES string of the molecule is C1=C/C=C/CCCCCCCCCC=C1. The van der Waals surface area contributed by atoms with E-state index in [9.17, 15) is 0 Å². The van der Waals surface area contributed by atoms with Gasteiger partial charge in [-0.1, -0.05) is 68.6 Å². The molecule has 1 rings (SSSR count). The predicted molar refractivity (Wildman–Crippen MR) is 69.0 cm³/mol. The molecule has 0 aromatic carbocycles. The number of hydrogen-bond donors (Lipinski definition) is 0. The Morgan fingerprint density at radius 1 is 0.400 bits per heavy atom. The van der Waals surface area contributed by atoms with E-state index in [4.69, 9.17) is 0 Å². The molecule has 0 amide bonds. The van der Waals surface area contributed by atoms with Gasteiger partial charge in [-0.05, 0) is 25.7 Å². The van der Waals surface area contributed by atoms with Gasteiger partial charge in [0, 0.05) is 0 Å². The maximum atomic E-state index is 2.28. The maximum absolute atomic E-state index is 2.28. The molecule has 0 aromatic rings. The van der Waals surface area contributed by atoms with Crippen molar-refractivity contribution in [2.75, 3.05) is 0 Å². The number of hydrogen-bond acceptors (Lipinski definition) is 0. The van der Waals surface area contributed by atoms with E-state index in [0.29, 0.717) is 0 Å². The van der Waals surface area contributed by atoms with E-state index in [-0.39, 0.29) is 0 Å². The molecule has 1 aliphatic rings. The van der Waals surface area contributed by atoms with E-state index in [2.05, 4.69) is 36.5 Å². The van der Waals surface area contributed by atoms with Crippen LogP contribution in [0.3, 0.4) is 0 Å². The van der Waals surface area contributed by atoms with E-state index in [0.717, 1.165) is 0 Å². The lowest BCUT2D eigenvalue weighted by Gasteiger charge is -1.99. The zero-order valence-corrected chi connectivity index (χ0v) is 9.83. The molecule has 0 heteroatoms. The molecule has 15 heavy (non-hydrogen) atoms. The van der Waals surface area contributed by atoms with Crippen molar-refractivity contribution in [3.8, 4) is 0 Å². The largest absolute Gasteiger partial charge is 0.0845 e. The van der Waals surface area contributed by atoms with Crippen LogP contribution in [0.5, 0.6) is 0 Å². The Morgan fingerprint density at radius 3 is 1.27 bits per heavy atom. The zero-order valence-electron chi connectivity index (χ0n) is 9.83. The van der Waals surface area contributed by atoms with Crippen LogP contribution in [0, 0.1) is 0 Å². The quantitative estimate of drug-likeness (QED) is 0.510. The maximum Gasteiger partial charge on any atom is -0.0348 e. The van der Waals surface area contributed by atoms with Crippen LogP contribution in [-0.2, 0) is 0 Å². The van der Waals surface area contributed by atoms with Crippen LogP contribution >= 0.6 is 0 Å². The first-order valence-corrected chi connectivity index (χ1v) is 6.48. The molecule has 0 radical (unpaired) electrons. The highest BCUT2D eigenvalue weighted by Gasteiger charge is 1.90. The summed E-state index contributed by atoms with van der Waals surface area (Å²) in [5.74, 6) is 0. The normalized spacial score (nSPS) is 22.9. The van der Waals surface area contributed by atoms with Crippen molar-refractivity contribution in [3.63, 3.8) is 0 Å². The van der Waals surface area contributed by atoms with Crippen LogP contribution in [0.15, 0.2) is 36.5 Å². The standard InChI is InChI=1S/C15H24/c1-2-4-6-8-10-12-14-15-13-11-9-7-5-3-1/h1-6H,7-15H2/b2-1?,5-3+,6-4?. The Balaban J connectivity index is 2.25. The van der Waals surface area contributed by atoms with Crippen LogP contribution < -0.4 is 0 Å². The number of allylic oxidation sites excluding steroid dienone is 6. The van der Waals surface area contributed by atoms with E-state index in [1.165, 1.54) is 57.8 Å². The van der Waals surface area contributed by atoms with Crippen LogP contribution in [0.2, 0.25) is 0 Å². The molecule has 0 nitrogen and oxygen atoms in total. The van der Waals surface area contributed by atoms with Gasteiger partial charge in [-0.3, -0.25) is 0 Å². The van der Waals surface area contributed by atoms with Gasteiger partial charge in [-0.15, -0.1) is 0 Å². The molecule has 0 fully saturated rings. The van der Waals surface area contributed by atoms with Crippen molar-refractivity contribution < 1.29 is 0 Å². The summed E-state index contributed by atoms with van der Waals surface area (Å²) in [5, 5.41) is 0. The van der Waals surface area contributed by atoms with Crippen molar-refractivity contribution in [1.82, 2.24) is 0 Å². The van der Waals surface area contributed by atoms with Gasteiger partial charge in [0.2, 0.25) is 0 Å². The van der Waals surface area contributed by atoms with Crippen molar-refractivity contribution >= 4 is 0 Å². The molecule has 0 unspecified atom stereocenters. The van der Waals surface area contributed by atoms with Crippen molar-refractivity contribution in [2.24, 2.45) is 0 Å². The molecular formula is C15H24. The second-order valence-electron chi connectivity index (χ2n) is 4.29. The van der Waals surface area contributed by atoms with Crippen LogP contribution in [0.1, 0.15) is 57.8 Å². The van der Waals surface area contributed by atoms with E-state index in [1.54, 1.807) is 0 Å². The first-order valence-electron chi connectivity index (χ1n) is 6.48. The second kappa shape index (κ2) is 9.76. The summed E-state index contributed by atoms with van der Waals surface area (Å²) in [5.41, 5.74) is 0. The van der Waals surface area contributed by atoms with Crippen molar-refractivity contribution in [3.05, 3.63) is 36.5 Å². The average Bonchev–Trinajstić information content (AvgIpc) is 2.27. The molecule has 0 atom stereocenters. The topological polar surface area (TPSA) is 0 Å². The molecule has 0 N–H and O–H groups in total. The highest BCUT2D eigenvalue weighted by molar-refractivity contribution is 5.10. The molecular weight excluding hydrogens is 180 g/mol. The third-order valence-electron chi connectivity index (χ3n) is 2.85. The predicted octanol–water partition coefficient (Wildman–Crippen LogP) is 5.18. The van der Waals surface area contributed by atoms with E-state index >= 15 is 0 Å². The smallest absolute Gasteiger partial charge is 0.0348 e. The van der Waals surface area contributed by atoms with Gasteiger partial charge < -0.3 is 0 Å². The Kier molecular flexibility index (Phi) is 8.00. The minimum atomic E-state index is 1.24. The Hall–Kier alpha value is -0.780. The first-order chi connectivity index (χ1) is 7.50. The molecule has 0 heterocycles. The van der Waals surface area contributed by atoms with Gasteiger partial charge in [0.05, 0.1) is 0 Å². The summed E-state index contributed by atoms with van der Waals surface area (Å²) in [6, 6.07) is 0. The van der Waals surface area contributed by atoms with Crippen LogP contribution in [0.4, 0.5) is 0 Å². The summed E-state index contributed by atoms with van der Waals surface area (Å²) >= 11 is 0. The fourth-order valence-corrected chi connectivity index (χ4v) is 1.89. The molecule has 0 aliphatic heterocycles. The van der Waals surface area contributed by atoms with E-state index in [1.807, 2.05) is 0 Å². The molecule has 0 bridgehead atoms. The van der Waals surface area contributed by atoms with Gasteiger partial charge in [-0.25, -0.2) is 0 Å². The van der Waals surface area contributed by atoms with Gasteiger partial charge in [0.1, 0.15) is 0 Å². The lowest BCUT2D eigenvalue weighted by atomic mass is 10.1. The van der Waals surface area contributed by atoms with Crippen molar-refractivity contribution in [2.45, 2.75) is 57.8 Å². The van der Waals surface area contributed by atoms with Crippen molar-refractivity contribution in [1.29, 1.82) is 0 Å². The van der Waals surface area contributed by atoms with Gasteiger partial charge in [0.25, 0.3) is 0 Å². The van der Waals surface area contributed by atoms with E-state index < -0.39 is 0 Å². The summed E-state index contributed by atoms with van der Waals surface area (Å²) in [4.78, 5) is 0. The summed E-state index contributed by atoms with van der Waals surface area (Å²) in [7, 11) is 0. The zero-order chi connectivity index (χ0) is 10.6. The minimum absolute atomic E-state index is 1.24. The Bertz CT molecular complexity index is 186. The molecule has 0 saturated heterocycles. The second-order valence-corrected chi connectivity index (χ2v) is 4.29. The fraction of sp³-hybridized carbons (Fsp3) is 0.600. The molecule has 0 aromatic heterocycles. The highest BCUT2D eigenvalue weighted by atomic mass is 14.0. The summed E-state index contributed by atoms with van der Waals surface area (Å²) < 4.78 is 0. The molecule has 84 valence electrons.